The molecule has 1 aliphatic rings. The Balaban J connectivity index is 2.20. The third-order valence-electron chi connectivity index (χ3n) is 2.86. The molecule has 1 fully saturated rings. The zero-order valence-corrected chi connectivity index (χ0v) is 8.72. The van der Waals surface area contributed by atoms with Crippen molar-refractivity contribution >= 4 is 7.37 Å². The van der Waals surface area contributed by atoms with E-state index in [1.165, 1.54) is 25.7 Å². The number of rotatable bonds is 4. The van der Waals surface area contributed by atoms with Gasteiger partial charge in [-0.1, -0.05) is 32.6 Å². The molecule has 2 nitrogen and oxygen atoms in total. The molecule has 1 saturated carbocycles. The molecule has 1 aliphatic carbocycles. The predicted octanol–water partition coefficient (Wildman–Crippen LogP) is 2.86. The molecule has 0 spiro atoms. The van der Waals surface area contributed by atoms with Crippen LogP contribution in [0.15, 0.2) is 0 Å². The summed E-state index contributed by atoms with van der Waals surface area (Å²) in [5.74, 6) is 0.747. The number of hydrogen-bond acceptors (Lipinski definition) is 1. The molecule has 0 aliphatic heterocycles. The van der Waals surface area contributed by atoms with Crippen molar-refractivity contribution < 1.29 is 9.46 Å². The highest BCUT2D eigenvalue weighted by molar-refractivity contribution is 7.57. The van der Waals surface area contributed by atoms with Crippen LogP contribution in [-0.4, -0.2) is 17.2 Å². The topological polar surface area (TPSA) is 37.3 Å². The normalized spacial score (nSPS) is 24.2. The van der Waals surface area contributed by atoms with Gasteiger partial charge in [-0.2, -0.15) is 0 Å². The summed E-state index contributed by atoms with van der Waals surface area (Å²) in [5.41, 5.74) is 0. The van der Waals surface area contributed by atoms with E-state index in [-0.39, 0.29) is 0 Å². The van der Waals surface area contributed by atoms with Crippen molar-refractivity contribution in [3.8, 4) is 0 Å². The van der Waals surface area contributed by atoms with Gasteiger partial charge in [-0.15, -0.1) is 0 Å². The van der Waals surface area contributed by atoms with Gasteiger partial charge in [0.25, 0.3) is 0 Å². The lowest BCUT2D eigenvalue weighted by Crippen LogP contribution is -1.99. The van der Waals surface area contributed by atoms with E-state index >= 15 is 0 Å². The second-order valence-corrected chi connectivity index (χ2v) is 6.60. The van der Waals surface area contributed by atoms with E-state index in [0.29, 0.717) is 12.3 Å². The van der Waals surface area contributed by atoms with Crippen LogP contribution in [0.25, 0.3) is 0 Å². The molecule has 1 atom stereocenters. The summed E-state index contributed by atoms with van der Waals surface area (Å²) < 4.78 is 11.3. The van der Waals surface area contributed by atoms with Crippen molar-refractivity contribution in [1.82, 2.24) is 0 Å². The minimum Gasteiger partial charge on any atom is -0.344 e. The van der Waals surface area contributed by atoms with Crippen molar-refractivity contribution in [2.45, 2.75) is 39.0 Å². The van der Waals surface area contributed by atoms with Crippen LogP contribution in [0.2, 0.25) is 0 Å². The van der Waals surface area contributed by atoms with Gasteiger partial charge >= 0.3 is 0 Å². The molecule has 0 radical (unpaired) electrons. The zero-order valence-electron chi connectivity index (χ0n) is 7.83. The van der Waals surface area contributed by atoms with Gasteiger partial charge in [0.2, 0.25) is 0 Å². The SMILES string of the molecule is CCP(=O)(O)CCC1CCCC1. The van der Waals surface area contributed by atoms with E-state index in [1.807, 2.05) is 0 Å². The van der Waals surface area contributed by atoms with Crippen LogP contribution in [0, 0.1) is 5.92 Å². The summed E-state index contributed by atoms with van der Waals surface area (Å²) >= 11 is 0. The molecule has 3 heteroatoms. The first-order valence-electron chi connectivity index (χ1n) is 4.95. The van der Waals surface area contributed by atoms with Crippen LogP contribution in [0.5, 0.6) is 0 Å². The van der Waals surface area contributed by atoms with Gasteiger partial charge in [-0.3, -0.25) is 4.57 Å². The van der Waals surface area contributed by atoms with E-state index in [4.69, 9.17) is 0 Å². The highest BCUT2D eigenvalue weighted by Crippen LogP contribution is 2.42. The first-order valence-corrected chi connectivity index (χ1v) is 6.98. The maximum atomic E-state index is 11.3. The molecular weight excluding hydrogens is 171 g/mol. The molecule has 1 rings (SSSR count). The highest BCUT2D eigenvalue weighted by Gasteiger charge is 2.20. The van der Waals surface area contributed by atoms with E-state index in [2.05, 4.69) is 0 Å². The van der Waals surface area contributed by atoms with E-state index in [9.17, 15) is 9.46 Å². The molecule has 0 aromatic rings. The Hall–Kier alpha value is 0.190. The molecule has 1 N–H and O–H groups in total. The number of hydrogen-bond donors (Lipinski definition) is 1. The molecule has 72 valence electrons. The second kappa shape index (κ2) is 4.43. The summed E-state index contributed by atoms with van der Waals surface area (Å²) in [6, 6.07) is 0. The van der Waals surface area contributed by atoms with E-state index < -0.39 is 7.37 Å². The smallest absolute Gasteiger partial charge is 0.200 e. The van der Waals surface area contributed by atoms with Crippen molar-refractivity contribution in [2.24, 2.45) is 5.92 Å². The Morgan fingerprint density at radius 2 is 2.00 bits per heavy atom. The molecule has 0 aromatic carbocycles. The van der Waals surface area contributed by atoms with Crippen LogP contribution < -0.4 is 0 Å². The van der Waals surface area contributed by atoms with Crippen LogP contribution in [0.1, 0.15) is 39.0 Å². The van der Waals surface area contributed by atoms with Gasteiger partial charge in [0, 0.05) is 12.3 Å². The molecule has 0 bridgehead atoms. The summed E-state index contributed by atoms with van der Waals surface area (Å²) in [5, 5.41) is 0. The third-order valence-corrected chi connectivity index (χ3v) is 4.80. The molecule has 1 unspecified atom stereocenters. The summed E-state index contributed by atoms with van der Waals surface area (Å²) in [6.45, 7) is 1.80. The van der Waals surface area contributed by atoms with Crippen LogP contribution in [0.4, 0.5) is 0 Å². The first kappa shape index (κ1) is 10.3. The molecule has 0 amide bonds. The fourth-order valence-corrected chi connectivity index (χ4v) is 2.93. The molecule has 12 heavy (non-hydrogen) atoms. The maximum absolute atomic E-state index is 11.3. The van der Waals surface area contributed by atoms with Gasteiger partial charge < -0.3 is 4.89 Å². The Morgan fingerprint density at radius 3 is 2.50 bits per heavy atom. The Labute approximate surface area is 74.8 Å². The highest BCUT2D eigenvalue weighted by atomic mass is 31.2. The fourth-order valence-electron chi connectivity index (χ4n) is 1.84. The Kier molecular flexibility index (Phi) is 3.79. The monoisotopic (exact) mass is 190 g/mol. The summed E-state index contributed by atoms with van der Waals surface area (Å²) in [6.07, 6.45) is 7.18. The van der Waals surface area contributed by atoms with E-state index in [0.717, 1.165) is 12.3 Å². The minimum absolute atomic E-state index is 0.444. The maximum Gasteiger partial charge on any atom is 0.200 e. The van der Waals surface area contributed by atoms with Gasteiger partial charge in [0.1, 0.15) is 0 Å². The predicted molar refractivity (Wildman–Crippen MR) is 51.8 cm³/mol. The Bertz CT molecular complexity index is 173. The standard InChI is InChI=1S/C9H19O2P/c1-2-12(10,11)8-7-9-5-3-4-6-9/h9H,2-8H2,1H3,(H,10,11). The van der Waals surface area contributed by atoms with Crippen LogP contribution >= 0.6 is 7.37 Å². The van der Waals surface area contributed by atoms with Crippen molar-refractivity contribution in [2.75, 3.05) is 12.3 Å². The summed E-state index contributed by atoms with van der Waals surface area (Å²) in [7, 11) is -2.73. The van der Waals surface area contributed by atoms with Crippen molar-refractivity contribution in [3.05, 3.63) is 0 Å². The summed E-state index contributed by atoms with van der Waals surface area (Å²) in [4.78, 5) is 9.34. The van der Waals surface area contributed by atoms with Gasteiger partial charge in [-0.05, 0) is 12.3 Å². The van der Waals surface area contributed by atoms with Crippen LogP contribution in [0.3, 0.4) is 0 Å². The largest absolute Gasteiger partial charge is 0.344 e. The lowest BCUT2D eigenvalue weighted by Gasteiger charge is -2.12. The second-order valence-electron chi connectivity index (χ2n) is 3.83. The van der Waals surface area contributed by atoms with Crippen LogP contribution in [-0.2, 0) is 4.57 Å². The molecular formula is C9H19O2P. The van der Waals surface area contributed by atoms with Crippen molar-refractivity contribution in [3.63, 3.8) is 0 Å². The third kappa shape index (κ3) is 3.28. The van der Waals surface area contributed by atoms with Gasteiger partial charge in [0.15, 0.2) is 7.37 Å². The molecule has 0 saturated heterocycles. The average Bonchev–Trinajstić information content (AvgIpc) is 2.53. The van der Waals surface area contributed by atoms with E-state index in [1.54, 1.807) is 6.92 Å². The molecule has 0 heterocycles. The minimum atomic E-state index is -2.73. The molecule has 0 aromatic heterocycles. The Morgan fingerprint density at radius 1 is 1.42 bits per heavy atom. The van der Waals surface area contributed by atoms with Gasteiger partial charge in [-0.25, -0.2) is 0 Å². The quantitative estimate of drug-likeness (QED) is 0.692. The first-order chi connectivity index (χ1) is 5.64. The van der Waals surface area contributed by atoms with Gasteiger partial charge in [0.05, 0.1) is 0 Å². The zero-order chi connectivity index (χ0) is 9.03. The van der Waals surface area contributed by atoms with Crippen molar-refractivity contribution in [1.29, 1.82) is 0 Å². The lowest BCUT2D eigenvalue weighted by atomic mass is 10.1. The fraction of sp³-hybridized carbons (Fsp3) is 1.00. The average molecular weight is 190 g/mol. The lowest BCUT2D eigenvalue weighted by molar-refractivity contribution is 0.461.